The molecule has 9 heteroatoms. The number of piperazine rings is 1. The van der Waals surface area contributed by atoms with Crippen molar-refractivity contribution < 1.29 is 18.0 Å². The predicted molar refractivity (Wildman–Crippen MR) is 110 cm³/mol. The number of alkyl halides is 3. The molecular formula is C21H22ClF3N4O. The van der Waals surface area contributed by atoms with Gasteiger partial charge in [-0.2, -0.15) is 18.3 Å². The van der Waals surface area contributed by atoms with Gasteiger partial charge in [0, 0.05) is 37.7 Å². The van der Waals surface area contributed by atoms with Crippen molar-refractivity contribution >= 4 is 23.7 Å². The molecule has 30 heavy (non-hydrogen) atoms. The summed E-state index contributed by atoms with van der Waals surface area (Å²) in [5.41, 5.74) is 3.25. The van der Waals surface area contributed by atoms with E-state index in [0.29, 0.717) is 5.56 Å². The minimum Gasteiger partial charge on any atom is -0.296 e. The molecule has 1 aliphatic rings. The van der Waals surface area contributed by atoms with Crippen LogP contribution in [0, 0.1) is 0 Å². The Bertz CT molecular complexity index is 879. The molecular weight excluding hydrogens is 417 g/mol. The van der Waals surface area contributed by atoms with E-state index in [4.69, 9.17) is 11.6 Å². The molecule has 0 unspecified atom stereocenters. The Morgan fingerprint density at radius 3 is 2.30 bits per heavy atom. The van der Waals surface area contributed by atoms with Crippen LogP contribution in [0.2, 0.25) is 5.02 Å². The van der Waals surface area contributed by atoms with Gasteiger partial charge in [0.1, 0.15) is 0 Å². The number of nitrogens with one attached hydrogen (secondary N) is 1. The van der Waals surface area contributed by atoms with Crippen LogP contribution < -0.4 is 5.43 Å². The summed E-state index contributed by atoms with van der Waals surface area (Å²) in [5.74, 6) is -0.266. The van der Waals surface area contributed by atoms with E-state index in [1.54, 1.807) is 0 Å². The molecule has 0 atom stereocenters. The maximum absolute atomic E-state index is 12.5. The van der Waals surface area contributed by atoms with E-state index in [1.807, 2.05) is 29.2 Å². The highest BCUT2D eigenvalue weighted by Gasteiger charge is 2.29. The first-order valence-electron chi connectivity index (χ1n) is 9.48. The van der Waals surface area contributed by atoms with E-state index in [9.17, 15) is 18.0 Å². The first-order valence-corrected chi connectivity index (χ1v) is 9.86. The van der Waals surface area contributed by atoms with Gasteiger partial charge in [-0.1, -0.05) is 41.9 Å². The van der Waals surface area contributed by atoms with Crippen molar-refractivity contribution in [1.29, 1.82) is 0 Å². The van der Waals surface area contributed by atoms with Gasteiger partial charge >= 0.3 is 6.18 Å². The lowest BCUT2D eigenvalue weighted by molar-refractivity contribution is -0.137. The lowest BCUT2D eigenvalue weighted by atomic mass is 10.1. The summed E-state index contributed by atoms with van der Waals surface area (Å²) in [4.78, 5) is 16.4. The van der Waals surface area contributed by atoms with Crippen molar-refractivity contribution in [2.75, 3.05) is 32.7 Å². The smallest absolute Gasteiger partial charge is 0.296 e. The molecule has 1 amide bonds. The lowest BCUT2D eigenvalue weighted by Gasteiger charge is -2.34. The van der Waals surface area contributed by atoms with Crippen molar-refractivity contribution in [2.24, 2.45) is 5.10 Å². The number of halogens is 4. The first kappa shape index (κ1) is 22.3. The van der Waals surface area contributed by atoms with Gasteiger partial charge in [0.05, 0.1) is 18.3 Å². The van der Waals surface area contributed by atoms with Gasteiger partial charge < -0.3 is 0 Å². The van der Waals surface area contributed by atoms with E-state index < -0.39 is 11.7 Å². The maximum Gasteiger partial charge on any atom is 0.416 e. The van der Waals surface area contributed by atoms with Crippen molar-refractivity contribution in [2.45, 2.75) is 12.7 Å². The summed E-state index contributed by atoms with van der Waals surface area (Å²) in [5, 5.41) is 4.58. The molecule has 160 valence electrons. The van der Waals surface area contributed by atoms with Crippen molar-refractivity contribution in [3.8, 4) is 0 Å². The monoisotopic (exact) mass is 438 g/mol. The Kier molecular flexibility index (Phi) is 7.47. The number of hydrogen-bond acceptors (Lipinski definition) is 4. The van der Waals surface area contributed by atoms with Crippen LogP contribution >= 0.6 is 11.6 Å². The molecule has 1 N–H and O–H groups in total. The Hall–Kier alpha value is -2.42. The Morgan fingerprint density at radius 2 is 1.67 bits per heavy atom. The molecule has 2 aromatic rings. The highest BCUT2D eigenvalue weighted by atomic mass is 35.5. The minimum absolute atomic E-state index is 0.213. The highest BCUT2D eigenvalue weighted by Crippen LogP contribution is 2.28. The zero-order chi connectivity index (χ0) is 21.6. The topological polar surface area (TPSA) is 47.9 Å². The Morgan fingerprint density at radius 1 is 1.03 bits per heavy atom. The normalized spacial score (nSPS) is 16.1. The fraction of sp³-hybridized carbons (Fsp3) is 0.333. The molecule has 2 aromatic carbocycles. The number of carbonyl (C=O) groups excluding carboxylic acids is 1. The zero-order valence-corrected chi connectivity index (χ0v) is 17.0. The molecule has 3 rings (SSSR count). The van der Waals surface area contributed by atoms with Crippen LogP contribution in [0.5, 0.6) is 0 Å². The molecule has 0 saturated carbocycles. The molecule has 0 radical (unpaired) electrons. The van der Waals surface area contributed by atoms with Crippen LogP contribution in [0.3, 0.4) is 0 Å². The number of amides is 1. The van der Waals surface area contributed by atoms with Crippen LogP contribution in [0.4, 0.5) is 13.2 Å². The number of hydrogen-bond donors (Lipinski definition) is 1. The highest BCUT2D eigenvalue weighted by molar-refractivity contribution is 6.31. The van der Waals surface area contributed by atoms with Gasteiger partial charge in [0.2, 0.25) is 0 Å². The number of hydrazone groups is 1. The van der Waals surface area contributed by atoms with Gasteiger partial charge in [-0.05, 0) is 29.3 Å². The summed E-state index contributed by atoms with van der Waals surface area (Å²) in [6, 6.07) is 12.3. The first-order chi connectivity index (χ1) is 14.3. The van der Waals surface area contributed by atoms with Gasteiger partial charge in [-0.3, -0.25) is 14.6 Å². The quantitative estimate of drug-likeness (QED) is 0.553. The van der Waals surface area contributed by atoms with Crippen LogP contribution in [0.1, 0.15) is 16.7 Å². The van der Waals surface area contributed by atoms with E-state index in [-0.39, 0.29) is 12.5 Å². The second-order valence-electron chi connectivity index (χ2n) is 7.06. The molecule has 1 fully saturated rings. The standard InChI is InChI=1S/C21H22ClF3N4O/c22-19-4-2-1-3-17(19)14-28-9-11-29(12-10-28)15-20(30)27-26-13-16-5-7-18(8-6-16)21(23,24)25/h1-8,13H,9-12,14-15H2,(H,27,30)/b26-13+. The van der Waals surface area contributed by atoms with Crippen LogP contribution in [0.15, 0.2) is 53.6 Å². The maximum atomic E-state index is 12.5. The minimum atomic E-state index is -4.37. The molecule has 0 aromatic heterocycles. The van der Waals surface area contributed by atoms with E-state index in [2.05, 4.69) is 15.4 Å². The largest absolute Gasteiger partial charge is 0.416 e. The summed E-state index contributed by atoms with van der Waals surface area (Å²) >= 11 is 6.21. The van der Waals surface area contributed by atoms with Gasteiger partial charge in [-0.15, -0.1) is 0 Å². The molecule has 0 aliphatic carbocycles. The van der Waals surface area contributed by atoms with Gasteiger partial charge in [0.25, 0.3) is 5.91 Å². The molecule has 1 aliphatic heterocycles. The molecule has 1 heterocycles. The number of rotatable bonds is 6. The number of nitrogens with zero attached hydrogens (tertiary/aromatic N) is 3. The molecule has 1 saturated heterocycles. The average molecular weight is 439 g/mol. The van der Waals surface area contributed by atoms with E-state index in [1.165, 1.54) is 18.3 Å². The molecule has 5 nitrogen and oxygen atoms in total. The summed E-state index contributed by atoms with van der Waals surface area (Å²) < 4.78 is 37.6. The Balaban J connectivity index is 1.39. The number of benzene rings is 2. The fourth-order valence-electron chi connectivity index (χ4n) is 3.15. The van der Waals surface area contributed by atoms with Crippen LogP contribution in [-0.2, 0) is 17.5 Å². The third-order valence-electron chi connectivity index (χ3n) is 4.82. The Labute approximate surface area is 178 Å². The van der Waals surface area contributed by atoms with Crippen molar-refractivity contribution in [3.05, 3.63) is 70.2 Å². The molecule has 0 bridgehead atoms. The van der Waals surface area contributed by atoms with Crippen molar-refractivity contribution in [1.82, 2.24) is 15.2 Å². The van der Waals surface area contributed by atoms with Crippen LogP contribution in [-0.4, -0.2) is 54.6 Å². The SMILES string of the molecule is O=C(CN1CCN(Cc2ccccc2Cl)CC1)N/N=C/c1ccc(C(F)(F)F)cc1. The summed E-state index contributed by atoms with van der Waals surface area (Å²) in [6.45, 7) is 4.14. The molecule has 0 spiro atoms. The fourth-order valence-corrected chi connectivity index (χ4v) is 3.34. The van der Waals surface area contributed by atoms with E-state index >= 15 is 0 Å². The summed E-state index contributed by atoms with van der Waals surface area (Å²) in [7, 11) is 0. The third-order valence-corrected chi connectivity index (χ3v) is 5.19. The zero-order valence-electron chi connectivity index (χ0n) is 16.2. The number of carbonyl (C=O) groups is 1. The van der Waals surface area contributed by atoms with E-state index in [0.717, 1.165) is 55.4 Å². The van der Waals surface area contributed by atoms with Crippen LogP contribution in [0.25, 0.3) is 0 Å². The second-order valence-corrected chi connectivity index (χ2v) is 7.46. The predicted octanol–water partition coefficient (Wildman–Crippen LogP) is 3.63. The average Bonchev–Trinajstić information content (AvgIpc) is 2.71. The van der Waals surface area contributed by atoms with Crippen molar-refractivity contribution in [3.63, 3.8) is 0 Å². The van der Waals surface area contributed by atoms with Gasteiger partial charge in [-0.25, -0.2) is 5.43 Å². The second kappa shape index (κ2) is 10.1. The summed E-state index contributed by atoms with van der Waals surface area (Å²) in [6.07, 6.45) is -3.05. The third kappa shape index (κ3) is 6.55. The van der Waals surface area contributed by atoms with Gasteiger partial charge in [0.15, 0.2) is 0 Å². The lowest BCUT2D eigenvalue weighted by Crippen LogP contribution is -2.48.